The molecule has 0 bridgehead atoms. The Morgan fingerprint density at radius 3 is 1.54 bits per heavy atom. The Balaban J connectivity index is 0. The molecule has 0 aliphatic heterocycles. The molecule has 1 atom stereocenters. The van der Waals surface area contributed by atoms with Crippen LogP contribution in [0.15, 0.2) is 0 Å². The molecular formula is C19H40NaO6. The fourth-order valence-corrected chi connectivity index (χ4v) is 2.27. The molecule has 6 nitrogen and oxygen atoms in total. The molecule has 0 aromatic heterocycles. The summed E-state index contributed by atoms with van der Waals surface area (Å²) in [6.07, 6.45) is 9.72. The predicted molar refractivity (Wildman–Crippen MR) is 105 cm³/mol. The van der Waals surface area contributed by atoms with Gasteiger partial charge < -0.3 is 29.2 Å². The molecule has 26 heavy (non-hydrogen) atoms. The SMILES string of the molecule is CCCCCCCCCCOCCOCCOCCOCC(O)CO.[Na]. The molecule has 7 heteroatoms. The molecule has 0 spiro atoms. The maximum atomic E-state index is 9.05. The number of aliphatic hydroxyl groups excluding tert-OH is 2. The molecule has 0 heterocycles. The quantitative estimate of drug-likeness (QED) is 0.232. The van der Waals surface area contributed by atoms with Crippen molar-refractivity contribution in [3.63, 3.8) is 0 Å². The van der Waals surface area contributed by atoms with Crippen molar-refractivity contribution in [3.05, 3.63) is 0 Å². The minimum Gasteiger partial charge on any atom is -0.394 e. The van der Waals surface area contributed by atoms with Gasteiger partial charge >= 0.3 is 0 Å². The van der Waals surface area contributed by atoms with Crippen molar-refractivity contribution in [2.24, 2.45) is 0 Å². The van der Waals surface area contributed by atoms with Gasteiger partial charge in [0, 0.05) is 36.2 Å². The van der Waals surface area contributed by atoms with E-state index in [9.17, 15) is 0 Å². The van der Waals surface area contributed by atoms with Gasteiger partial charge in [0.05, 0.1) is 52.9 Å². The zero-order valence-corrected chi connectivity index (χ0v) is 19.1. The van der Waals surface area contributed by atoms with E-state index >= 15 is 0 Å². The van der Waals surface area contributed by atoms with Crippen molar-refractivity contribution in [1.29, 1.82) is 0 Å². The van der Waals surface area contributed by atoms with Gasteiger partial charge in [-0.05, 0) is 6.42 Å². The molecule has 0 rings (SSSR count). The standard InChI is InChI=1S/C19H40O6.Na/c1-2-3-4-5-6-7-8-9-10-22-11-12-23-13-14-24-15-16-25-18-19(21)17-20;/h19-21H,2-18H2,1H3;. The van der Waals surface area contributed by atoms with Crippen molar-refractivity contribution in [3.8, 4) is 0 Å². The average molecular weight is 388 g/mol. The van der Waals surface area contributed by atoms with Gasteiger partial charge in [-0.2, -0.15) is 0 Å². The maximum absolute atomic E-state index is 9.05. The van der Waals surface area contributed by atoms with Crippen molar-refractivity contribution >= 4 is 29.6 Å². The predicted octanol–water partition coefficient (Wildman–Crippen LogP) is 2.17. The van der Waals surface area contributed by atoms with E-state index in [2.05, 4.69) is 6.92 Å². The summed E-state index contributed by atoms with van der Waals surface area (Å²) < 4.78 is 21.4. The van der Waals surface area contributed by atoms with E-state index in [1.807, 2.05) is 0 Å². The Labute approximate surface area is 182 Å². The minimum absolute atomic E-state index is 0. The smallest absolute Gasteiger partial charge is 0.100 e. The molecule has 153 valence electrons. The van der Waals surface area contributed by atoms with Crippen LogP contribution in [0, 0.1) is 0 Å². The van der Waals surface area contributed by atoms with Crippen LogP contribution in [0.25, 0.3) is 0 Å². The second kappa shape index (κ2) is 25.8. The van der Waals surface area contributed by atoms with E-state index < -0.39 is 6.10 Å². The molecule has 0 saturated heterocycles. The fourth-order valence-electron chi connectivity index (χ4n) is 2.27. The first-order chi connectivity index (χ1) is 12.3. The van der Waals surface area contributed by atoms with Crippen molar-refractivity contribution in [2.75, 3.05) is 59.5 Å². The molecule has 1 unspecified atom stereocenters. The average Bonchev–Trinajstić information content (AvgIpc) is 2.63. The van der Waals surface area contributed by atoms with E-state index in [0.29, 0.717) is 39.6 Å². The van der Waals surface area contributed by atoms with E-state index in [4.69, 9.17) is 29.2 Å². The Bertz CT molecular complexity index is 246. The van der Waals surface area contributed by atoms with E-state index in [0.717, 1.165) is 13.0 Å². The summed E-state index contributed by atoms with van der Waals surface area (Å²) in [6, 6.07) is 0. The molecule has 0 aliphatic rings. The zero-order chi connectivity index (χ0) is 18.4. The number of ether oxygens (including phenoxy) is 4. The van der Waals surface area contributed by atoms with Crippen LogP contribution in [-0.2, 0) is 18.9 Å². The fraction of sp³-hybridized carbons (Fsp3) is 1.00. The van der Waals surface area contributed by atoms with Gasteiger partial charge in [0.1, 0.15) is 6.10 Å². The normalized spacial score (nSPS) is 12.1. The Morgan fingerprint density at radius 1 is 0.615 bits per heavy atom. The summed E-state index contributed by atoms with van der Waals surface area (Å²) in [5, 5.41) is 17.7. The van der Waals surface area contributed by atoms with Crippen LogP contribution < -0.4 is 0 Å². The molecule has 0 fully saturated rings. The summed E-state index contributed by atoms with van der Waals surface area (Å²) in [4.78, 5) is 0. The van der Waals surface area contributed by atoms with Crippen LogP contribution in [0.5, 0.6) is 0 Å². The van der Waals surface area contributed by atoms with Gasteiger partial charge in [0.2, 0.25) is 0 Å². The third-order valence-corrected chi connectivity index (χ3v) is 3.78. The maximum Gasteiger partial charge on any atom is 0.100 e. The van der Waals surface area contributed by atoms with Gasteiger partial charge in [-0.1, -0.05) is 51.9 Å². The van der Waals surface area contributed by atoms with Crippen LogP contribution in [0.4, 0.5) is 0 Å². The summed E-state index contributed by atoms with van der Waals surface area (Å²) in [5.74, 6) is 0. The Morgan fingerprint density at radius 2 is 1.04 bits per heavy atom. The van der Waals surface area contributed by atoms with Gasteiger partial charge in [-0.3, -0.25) is 0 Å². The largest absolute Gasteiger partial charge is 0.394 e. The van der Waals surface area contributed by atoms with Gasteiger partial charge in [0.15, 0.2) is 0 Å². The molecule has 2 N–H and O–H groups in total. The van der Waals surface area contributed by atoms with E-state index in [1.54, 1.807) is 0 Å². The summed E-state index contributed by atoms with van der Waals surface area (Å²) in [6.45, 7) is 6.07. The van der Waals surface area contributed by atoms with Crippen LogP contribution in [-0.4, -0.2) is 105 Å². The van der Waals surface area contributed by atoms with Gasteiger partial charge in [0.25, 0.3) is 0 Å². The van der Waals surface area contributed by atoms with Crippen molar-refractivity contribution in [2.45, 2.75) is 64.4 Å². The Hall–Kier alpha value is 0.760. The zero-order valence-electron chi connectivity index (χ0n) is 17.1. The van der Waals surface area contributed by atoms with Crippen LogP contribution in [0.1, 0.15) is 58.3 Å². The van der Waals surface area contributed by atoms with E-state index in [-0.39, 0.29) is 42.8 Å². The minimum atomic E-state index is -0.811. The molecule has 0 aliphatic carbocycles. The van der Waals surface area contributed by atoms with Crippen LogP contribution in [0.3, 0.4) is 0 Å². The second-order valence-corrected chi connectivity index (χ2v) is 6.22. The molecule has 0 amide bonds. The topological polar surface area (TPSA) is 77.4 Å². The monoisotopic (exact) mass is 387 g/mol. The van der Waals surface area contributed by atoms with Crippen molar-refractivity contribution in [1.82, 2.24) is 0 Å². The first kappa shape index (κ1) is 29.0. The van der Waals surface area contributed by atoms with Crippen LogP contribution in [0.2, 0.25) is 0 Å². The third-order valence-electron chi connectivity index (χ3n) is 3.78. The van der Waals surface area contributed by atoms with Gasteiger partial charge in [-0.15, -0.1) is 0 Å². The van der Waals surface area contributed by atoms with Gasteiger partial charge in [-0.25, -0.2) is 0 Å². The molecule has 0 saturated carbocycles. The molecule has 1 radical (unpaired) electrons. The second-order valence-electron chi connectivity index (χ2n) is 6.22. The first-order valence-electron chi connectivity index (χ1n) is 9.91. The number of hydrogen-bond acceptors (Lipinski definition) is 6. The number of aliphatic hydroxyl groups is 2. The van der Waals surface area contributed by atoms with E-state index in [1.165, 1.54) is 44.9 Å². The number of unbranched alkanes of at least 4 members (excludes halogenated alkanes) is 7. The number of rotatable bonds is 21. The first-order valence-corrected chi connectivity index (χ1v) is 9.91. The number of hydrogen-bond donors (Lipinski definition) is 2. The van der Waals surface area contributed by atoms with Crippen molar-refractivity contribution < 1.29 is 29.2 Å². The third kappa shape index (κ3) is 24.8. The molecular weight excluding hydrogens is 347 g/mol. The summed E-state index contributed by atoms with van der Waals surface area (Å²) in [5.41, 5.74) is 0. The molecule has 0 aromatic rings. The van der Waals surface area contributed by atoms with Crippen LogP contribution >= 0.6 is 0 Å². The summed E-state index contributed by atoms with van der Waals surface area (Å²) >= 11 is 0. The molecule has 0 aromatic carbocycles. The Kier molecular flexibility index (Phi) is 28.7. The summed E-state index contributed by atoms with van der Waals surface area (Å²) in [7, 11) is 0.